The van der Waals surface area contributed by atoms with Gasteiger partial charge in [0.25, 0.3) is 0 Å². The molecule has 4 atom stereocenters. The second-order valence-corrected chi connectivity index (χ2v) is 8.56. The van der Waals surface area contributed by atoms with Crippen LogP contribution in [0.4, 0.5) is 5.69 Å². The van der Waals surface area contributed by atoms with Gasteiger partial charge in [-0.25, -0.2) is 0 Å². The fourth-order valence-electron chi connectivity index (χ4n) is 4.47. The van der Waals surface area contributed by atoms with Crippen LogP contribution >= 0.6 is 23.8 Å². The number of thiocarbonyl (C=S) groups is 1. The fourth-order valence-corrected chi connectivity index (χ4v) is 4.92. The summed E-state index contributed by atoms with van der Waals surface area (Å²) in [6.45, 7) is 6.00. The molecule has 0 aliphatic carbocycles. The number of nitrogens with one attached hydrogen (secondary N) is 3. The normalized spacial score (nSPS) is 29.3. The largest absolute Gasteiger partial charge is 0.359 e. The molecule has 0 aromatic heterocycles. The molecule has 24 heavy (non-hydrogen) atoms. The summed E-state index contributed by atoms with van der Waals surface area (Å²) >= 11 is 11.7. The lowest BCUT2D eigenvalue weighted by atomic mass is 9.81. The van der Waals surface area contributed by atoms with Crippen molar-refractivity contribution in [3.63, 3.8) is 0 Å². The predicted molar refractivity (Wildman–Crippen MR) is 106 cm³/mol. The van der Waals surface area contributed by atoms with Crippen molar-refractivity contribution in [3.05, 3.63) is 29.3 Å². The summed E-state index contributed by atoms with van der Waals surface area (Å²) in [4.78, 5) is 1.85. The molecule has 3 rings (SSSR count). The van der Waals surface area contributed by atoms with Gasteiger partial charge in [-0.05, 0) is 43.6 Å². The van der Waals surface area contributed by atoms with Crippen molar-refractivity contribution in [2.45, 2.75) is 64.1 Å². The zero-order valence-corrected chi connectivity index (χ0v) is 16.2. The van der Waals surface area contributed by atoms with Crippen LogP contribution in [0.3, 0.4) is 0 Å². The number of quaternary nitrogens is 1. The molecule has 0 radical (unpaired) electrons. The summed E-state index contributed by atoms with van der Waals surface area (Å²) in [5.41, 5.74) is 0.875. The van der Waals surface area contributed by atoms with E-state index in [0.717, 1.165) is 23.7 Å². The summed E-state index contributed by atoms with van der Waals surface area (Å²) in [7, 11) is 0. The van der Waals surface area contributed by atoms with E-state index in [9.17, 15) is 0 Å². The van der Waals surface area contributed by atoms with Crippen LogP contribution in [0, 0.1) is 5.92 Å². The third-order valence-electron chi connectivity index (χ3n) is 5.39. The van der Waals surface area contributed by atoms with Crippen LogP contribution in [0.2, 0.25) is 5.02 Å². The summed E-state index contributed by atoms with van der Waals surface area (Å²) in [6.07, 6.45) is 6.57. The number of benzene rings is 1. The highest BCUT2D eigenvalue weighted by Crippen LogP contribution is 2.23. The van der Waals surface area contributed by atoms with E-state index in [0.29, 0.717) is 16.2 Å². The fraction of sp³-hybridized carbons (Fsp3) is 0.632. The van der Waals surface area contributed by atoms with E-state index in [1.54, 1.807) is 0 Å². The first kappa shape index (κ1) is 18.0. The number of para-hydroxylation sites is 1. The Hall–Kier alpha value is -0.840. The van der Waals surface area contributed by atoms with Gasteiger partial charge in [0.1, 0.15) is 0 Å². The van der Waals surface area contributed by atoms with E-state index in [-0.39, 0.29) is 0 Å². The quantitative estimate of drug-likeness (QED) is 0.714. The maximum atomic E-state index is 6.20. The van der Waals surface area contributed by atoms with E-state index in [1.807, 2.05) is 29.2 Å². The Balaban J connectivity index is 1.57. The van der Waals surface area contributed by atoms with Crippen LogP contribution in [0.5, 0.6) is 0 Å². The zero-order valence-electron chi connectivity index (χ0n) is 14.6. The molecule has 5 heteroatoms. The highest BCUT2D eigenvalue weighted by molar-refractivity contribution is 7.80. The lowest BCUT2D eigenvalue weighted by molar-refractivity contribution is -0.963. The van der Waals surface area contributed by atoms with Gasteiger partial charge in [0.2, 0.25) is 0 Å². The van der Waals surface area contributed by atoms with E-state index in [2.05, 4.69) is 24.5 Å². The Morgan fingerprint density at radius 3 is 2.54 bits per heavy atom. The van der Waals surface area contributed by atoms with Crippen molar-refractivity contribution in [3.8, 4) is 0 Å². The van der Waals surface area contributed by atoms with Crippen LogP contribution < -0.4 is 15.5 Å². The third-order valence-corrected chi connectivity index (χ3v) is 5.94. The van der Waals surface area contributed by atoms with Gasteiger partial charge in [-0.3, -0.25) is 0 Å². The molecule has 2 saturated heterocycles. The number of anilines is 1. The molecular formula is C19H29ClN3S+. The molecule has 0 amide bonds. The van der Waals surface area contributed by atoms with Crippen LogP contribution in [-0.2, 0) is 0 Å². The Morgan fingerprint density at radius 1 is 1.25 bits per heavy atom. The van der Waals surface area contributed by atoms with E-state index in [4.69, 9.17) is 23.8 Å². The maximum absolute atomic E-state index is 6.20. The van der Waals surface area contributed by atoms with Gasteiger partial charge >= 0.3 is 0 Å². The van der Waals surface area contributed by atoms with Crippen LogP contribution in [-0.4, -0.2) is 29.8 Å². The molecule has 3 nitrogen and oxygen atoms in total. The second-order valence-electron chi connectivity index (χ2n) is 7.74. The molecule has 3 N–H and O–H groups in total. The number of halogens is 1. The molecule has 2 fully saturated rings. The van der Waals surface area contributed by atoms with Gasteiger partial charge in [-0.1, -0.05) is 37.6 Å². The summed E-state index contributed by atoms with van der Waals surface area (Å²) in [5.74, 6) is 0.774. The first-order chi connectivity index (χ1) is 11.5. The molecule has 2 aliphatic heterocycles. The first-order valence-electron chi connectivity index (χ1n) is 9.20. The van der Waals surface area contributed by atoms with Crippen LogP contribution in [0.15, 0.2) is 24.3 Å². The first-order valence-corrected chi connectivity index (χ1v) is 9.99. The number of fused-ring (bicyclic) bond motifs is 2. The van der Waals surface area contributed by atoms with Gasteiger partial charge in [0.05, 0.1) is 29.3 Å². The molecule has 1 aromatic rings. The minimum Gasteiger partial charge on any atom is -0.359 e. The van der Waals surface area contributed by atoms with Crippen molar-refractivity contribution in [1.29, 1.82) is 0 Å². The number of hydrogen-bond acceptors (Lipinski definition) is 1. The van der Waals surface area contributed by atoms with Gasteiger partial charge in [0, 0.05) is 24.8 Å². The van der Waals surface area contributed by atoms with Crippen molar-refractivity contribution < 1.29 is 4.90 Å². The van der Waals surface area contributed by atoms with Crippen molar-refractivity contribution in [1.82, 2.24) is 5.32 Å². The number of piperidine rings is 2. The zero-order chi connectivity index (χ0) is 17.1. The average molecular weight is 367 g/mol. The van der Waals surface area contributed by atoms with Gasteiger partial charge in [0.15, 0.2) is 5.11 Å². The van der Waals surface area contributed by atoms with E-state index in [1.165, 1.54) is 38.6 Å². The highest BCUT2D eigenvalue weighted by Gasteiger charge is 2.41. The monoisotopic (exact) mass is 366 g/mol. The van der Waals surface area contributed by atoms with E-state index >= 15 is 0 Å². The predicted octanol–water partition coefficient (Wildman–Crippen LogP) is 3.25. The SMILES string of the molecule is CC(C)C[NH+]1[C@@H]2CCC[C@H]1CC(NC(=S)Nc1ccccc1Cl)C2. The van der Waals surface area contributed by atoms with Crippen LogP contribution in [0.1, 0.15) is 46.0 Å². The lowest BCUT2D eigenvalue weighted by Gasteiger charge is -2.46. The summed E-state index contributed by atoms with van der Waals surface area (Å²) in [5, 5.41) is 8.19. The average Bonchev–Trinajstić information content (AvgIpc) is 2.50. The summed E-state index contributed by atoms with van der Waals surface area (Å²) in [6, 6.07) is 9.80. The Kier molecular flexibility index (Phi) is 6.01. The standard InChI is InChI=1S/C19H28ClN3S/c1-13(2)12-23-15-6-5-7-16(23)11-14(10-15)21-19(24)22-18-9-4-3-8-17(18)20/h3-4,8-9,13-16H,5-7,10-12H2,1-2H3,(H2,21,22,24)/p+1/t14?,15-,16+. The number of hydrogen-bond donors (Lipinski definition) is 3. The van der Waals surface area contributed by atoms with Gasteiger partial charge in [-0.15, -0.1) is 0 Å². The summed E-state index contributed by atoms with van der Waals surface area (Å²) < 4.78 is 0. The molecule has 132 valence electrons. The second kappa shape index (κ2) is 8.03. The number of rotatable bonds is 4. The van der Waals surface area contributed by atoms with Crippen molar-refractivity contribution >= 4 is 34.6 Å². The van der Waals surface area contributed by atoms with Crippen molar-refractivity contribution in [2.75, 3.05) is 11.9 Å². The Morgan fingerprint density at radius 2 is 1.92 bits per heavy atom. The maximum Gasteiger partial charge on any atom is 0.171 e. The topological polar surface area (TPSA) is 28.5 Å². The van der Waals surface area contributed by atoms with E-state index < -0.39 is 0 Å². The Labute approximate surface area is 156 Å². The molecule has 2 unspecified atom stereocenters. The van der Waals surface area contributed by atoms with Gasteiger partial charge in [-0.2, -0.15) is 0 Å². The molecule has 0 spiro atoms. The van der Waals surface area contributed by atoms with Crippen LogP contribution in [0.25, 0.3) is 0 Å². The van der Waals surface area contributed by atoms with Gasteiger partial charge < -0.3 is 15.5 Å². The molecule has 0 saturated carbocycles. The lowest BCUT2D eigenvalue weighted by Crippen LogP contribution is -3.21. The minimum atomic E-state index is 0.485. The third kappa shape index (κ3) is 4.41. The molecule has 1 aromatic carbocycles. The molecule has 2 aliphatic rings. The molecule has 2 heterocycles. The van der Waals surface area contributed by atoms with Crippen molar-refractivity contribution in [2.24, 2.45) is 5.92 Å². The highest BCUT2D eigenvalue weighted by atomic mass is 35.5. The Bertz CT molecular complexity index is 563. The molecular weight excluding hydrogens is 338 g/mol. The smallest absolute Gasteiger partial charge is 0.171 e. The molecule has 2 bridgehead atoms. The minimum absolute atomic E-state index is 0.485.